The third kappa shape index (κ3) is 3.34. The van der Waals surface area contributed by atoms with Gasteiger partial charge in [-0.1, -0.05) is 0 Å². The summed E-state index contributed by atoms with van der Waals surface area (Å²) in [4.78, 5) is 25.8. The summed E-state index contributed by atoms with van der Waals surface area (Å²) in [7, 11) is 0. The van der Waals surface area contributed by atoms with Crippen LogP contribution in [0, 0.1) is 0 Å². The normalized spacial score (nSPS) is 16.4. The number of benzene rings is 1. The maximum absolute atomic E-state index is 11.4. The molecule has 0 aliphatic rings. The van der Waals surface area contributed by atoms with Gasteiger partial charge in [0.05, 0.1) is 0 Å². The Morgan fingerprint density at radius 3 is 3.11 bits per heavy atom. The van der Waals surface area contributed by atoms with Crippen LogP contribution in [0.5, 0.6) is 5.75 Å². The van der Waals surface area contributed by atoms with E-state index in [9.17, 15) is 9.59 Å². The zero-order valence-electron chi connectivity index (χ0n) is 15.9. The lowest BCUT2D eigenvalue weighted by Gasteiger charge is -2.03. The fraction of sp³-hybridized carbons (Fsp3) is 0.286. The van der Waals surface area contributed by atoms with Crippen LogP contribution >= 0.6 is 0 Å². The molecule has 0 fully saturated rings. The molecule has 2 N–H and O–H groups in total. The molecule has 1 aromatic carbocycles. The predicted molar refractivity (Wildman–Crippen MR) is 72.0 cm³/mol. The molecule has 2 rings (SSSR count). The van der Waals surface area contributed by atoms with Gasteiger partial charge in [-0.3, -0.25) is 9.59 Å². The molecule has 0 unspecified atom stereocenters. The van der Waals surface area contributed by atoms with E-state index in [0.29, 0.717) is 11.8 Å². The van der Waals surface area contributed by atoms with Crippen molar-refractivity contribution in [2.24, 2.45) is 0 Å². The Balaban J connectivity index is 2.10. The number of H-pyrrole nitrogens is 1. The van der Waals surface area contributed by atoms with E-state index in [4.69, 9.17) is 13.0 Å². The first-order valence-corrected chi connectivity index (χ1v) is 5.59. The van der Waals surface area contributed by atoms with Gasteiger partial charge >= 0.3 is 5.97 Å². The van der Waals surface area contributed by atoms with Crippen LogP contribution in [0.3, 0.4) is 0 Å². The molecule has 0 radical (unpaired) electrons. The summed E-state index contributed by atoms with van der Waals surface area (Å²) in [5.74, 6) is -2.27. The Labute approximate surface area is 119 Å². The minimum Gasteiger partial charge on any atom is -0.427 e. The second-order valence-electron chi connectivity index (χ2n) is 3.92. The topological polar surface area (TPSA) is 71.2 Å². The SMILES string of the molecule is [2H]C([2H])([2H])C(=O)NCCc1c[nH]c2ccc(OC(=O)C([2H])([2H])[2H])cc12. The van der Waals surface area contributed by atoms with E-state index in [0.717, 1.165) is 11.1 Å². The number of carbonyl (C=O) groups is 2. The van der Waals surface area contributed by atoms with Crippen LogP contribution < -0.4 is 10.1 Å². The molecule has 0 spiro atoms. The third-order valence-corrected chi connectivity index (χ3v) is 2.63. The molecule has 1 aromatic heterocycles. The van der Waals surface area contributed by atoms with Crippen molar-refractivity contribution in [3.8, 4) is 5.75 Å². The van der Waals surface area contributed by atoms with Crippen molar-refractivity contribution in [2.45, 2.75) is 20.1 Å². The van der Waals surface area contributed by atoms with E-state index < -0.39 is 25.6 Å². The maximum atomic E-state index is 11.4. The van der Waals surface area contributed by atoms with Crippen molar-refractivity contribution in [1.29, 1.82) is 0 Å². The number of fused-ring (bicyclic) bond motifs is 1. The molecular weight excluding hydrogens is 244 g/mol. The highest BCUT2D eigenvalue weighted by Crippen LogP contribution is 2.24. The second-order valence-corrected chi connectivity index (χ2v) is 3.92. The number of aromatic nitrogens is 1. The van der Waals surface area contributed by atoms with Gasteiger partial charge in [-0.25, -0.2) is 0 Å². The summed E-state index contributed by atoms with van der Waals surface area (Å²) in [6, 6.07) is 4.60. The molecule has 19 heavy (non-hydrogen) atoms. The van der Waals surface area contributed by atoms with Gasteiger partial charge < -0.3 is 15.0 Å². The number of amides is 1. The molecule has 0 aliphatic heterocycles. The van der Waals surface area contributed by atoms with Crippen LogP contribution in [0.15, 0.2) is 24.4 Å². The first-order chi connectivity index (χ1) is 11.5. The number of rotatable bonds is 4. The van der Waals surface area contributed by atoms with E-state index in [2.05, 4.69) is 10.3 Å². The van der Waals surface area contributed by atoms with Gasteiger partial charge in [0.25, 0.3) is 0 Å². The predicted octanol–water partition coefficient (Wildman–Crippen LogP) is 1.77. The average molecular weight is 266 g/mol. The standard InChI is InChI=1S/C14H16N2O3/c1-9(17)15-6-5-11-8-16-14-4-3-12(7-13(11)14)19-10(2)18/h3-4,7-8,16H,5-6H2,1-2H3,(H,15,17)/i1D3,2D3. The molecule has 0 atom stereocenters. The van der Waals surface area contributed by atoms with Crippen molar-refractivity contribution in [2.75, 3.05) is 6.54 Å². The van der Waals surface area contributed by atoms with Gasteiger partial charge in [0.2, 0.25) is 5.91 Å². The first-order valence-electron chi connectivity index (χ1n) is 8.59. The molecule has 5 heteroatoms. The lowest BCUT2D eigenvalue weighted by molar-refractivity contribution is -0.131. The number of carbonyl (C=O) groups excluding carboxylic acids is 2. The maximum Gasteiger partial charge on any atom is 0.308 e. The van der Waals surface area contributed by atoms with E-state index in [1.807, 2.05) is 0 Å². The van der Waals surface area contributed by atoms with Crippen LogP contribution in [0.4, 0.5) is 0 Å². The van der Waals surface area contributed by atoms with Crippen LogP contribution in [0.1, 0.15) is 27.5 Å². The van der Waals surface area contributed by atoms with Crippen LogP contribution in [0.25, 0.3) is 10.9 Å². The molecule has 2 aromatic rings. The van der Waals surface area contributed by atoms with E-state index in [-0.39, 0.29) is 12.3 Å². The summed E-state index contributed by atoms with van der Waals surface area (Å²) >= 11 is 0. The van der Waals surface area contributed by atoms with Crippen LogP contribution in [0.2, 0.25) is 0 Å². The number of nitrogens with one attached hydrogen (secondary N) is 2. The molecule has 0 aliphatic carbocycles. The molecule has 0 saturated carbocycles. The zero-order chi connectivity index (χ0) is 18.8. The lowest BCUT2D eigenvalue weighted by atomic mass is 10.1. The van der Waals surface area contributed by atoms with Crippen molar-refractivity contribution in [3.05, 3.63) is 30.0 Å². The molecule has 100 valence electrons. The quantitative estimate of drug-likeness (QED) is 0.654. The Morgan fingerprint density at radius 1 is 1.42 bits per heavy atom. The molecule has 1 heterocycles. The van der Waals surface area contributed by atoms with Crippen molar-refractivity contribution in [1.82, 2.24) is 10.3 Å². The summed E-state index contributed by atoms with van der Waals surface area (Å²) in [5, 5.41) is 3.00. The van der Waals surface area contributed by atoms with E-state index >= 15 is 0 Å². The molecular formula is C14H16N2O3. The monoisotopic (exact) mass is 266 g/mol. The van der Waals surface area contributed by atoms with E-state index in [1.165, 1.54) is 12.1 Å². The van der Waals surface area contributed by atoms with Gasteiger partial charge in [0.15, 0.2) is 0 Å². The number of ether oxygens (including phenoxy) is 1. The molecule has 5 nitrogen and oxygen atoms in total. The average Bonchev–Trinajstić information content (AvgIpc) is 2.88. The number of hydrogen-bond acceptors (Lipinski definition) is 3. The summed E-state index contributed by atoms with van der Waals surface area (Å²) in [6.07, 6.45) is 2.03. The van der Waals surface area contributed by atoms with Crippen molar-refractivity contribution >= 4 is 22.8 Å². The minimum absolute atomic E-state index is 0.0843. The molecule has 1 amide bonds. The summed E-state index contributed by atoms with van der Waals surface area (Å²) < 4.78 is 46.8. The van der Waals surface area contributed by atoms with E-state index in [1.54, 1.807) is 12.3 Å². The fourth-order valence-electron chi connectivity index (χ4n) is 1.85. The fourth-order valence-corrected chi connectivity index (χ4v) is 1.85. The van der Waals surface area contributed by atoms with Crippen LogP contribution in [-0.4, -0.2) is 23.4 Å². The zero-order valence-corrected chi connectivity index (χ0v) is 9.95. The van der Waals surface area contributed by atoms with Gasteiger partial charge in [-0.2, -0.15) is 0 Å². The van der Waals surface area contributed by atoms with Gasteiger partial charge in [0, 0.05) is 45.6 Å². The number of hydrogen-bond donors (Lipinski definition) is 2. The van der Waals surface area contributed by atoms with Gasteiger partial charge in [0.1, 0.15) is 5.75 Å². The minimum atomic E-state index is -2.85. The number of esters is 1. The van der Waals surface area contributed by atoms with Gasteiger partial charge in [-0.15, -0.1) is 0 Å². The number of aromatic amines is 1. The highest BCUT2D eigenvalue weighted by molar-refractivity contribution is 5.85. The third-order valence-electron chi connectivity index (χ3n) is 2.63. The van der Waals surface area contributed by atoms with Crippen LogP contribution in [-0.2, 0) is 16.0 Å². The molecule has 0 saturated heterocycles. The Hall–Kier alpha value is -2.30. The van der Waals surface area contributed by atoms with Crippen molar-refractivity contribution < 1.29 is 22.6 Å². The largest absolute Gasteiger partial charge is 0.427 e. The highest BCUT2D eigenvalue weighted by Gasteiger charge is 2.06. The van der Waals surface area contributed by atoms with Gasteiger partial charge in [-0.05, 0) is 30.2 Å². The Morgan fingerprint density at radius 2 is 2.32 bits per heavy atom. The summed E-state index contributed by atoms with van der Waals surface area (Å²) in [5.41, 5.74) is 1.48. The first kappa shape index (κ1) is 7.33. The Bertz CT molecular complexity index is 794. The highest BCUT2D eigenvalue weighted by atomic mass is 16.5. The second kappa shape index (κ2) is 5.56. The smallest absolute Gasteiger partial charge is 0.308 e. The Kier molecular flexibility index (Phi) is 2.14. The summed E-state index contributed by atoms with van der Waals surface area (Å²) in [6.45, 7) is -5.43. The lowest BCUT2D eigenvalue weighted by Crippen LogP contribution is -2.22. The van der Waals surface area contributed by atoms with Crippen molar-refractivity contribution in [3.63, 3.8) is 0 Å². The molecule has 0 bridgehead atoms.